The summed E-state index contributed by atoms with van der Waals surface area (Å²) < 4.78 is 15.4. The second-order valence-electron chi connectivity index (χ2n) is 5.90. The Morgan fingerprint density at radius 3 is 2.63 bits per heavy atom. The maximum absolute atomic E-state index is 13.9. The summed E-state index contributed by atoms with van der Waals surface area (Å²) in [5, 5.41) is 9.69. The van der Waals surface area contributed by atoms with Crippen LogP contribution in [0, 0.1) is 12.7 Å². The lowest BCUT2D eigenvalue weighted by molar-refractivity contribution is 0.102. The second kappa shape index (κ2) is 7.13. The molecule has 2 aromatic heterocycles. The molecule has 134 valence electrons. The zero-order valence-electron chi connectivity index (χ0n) is 14.4. The lowest BCUT2D eigenvalue weighted by Crippen LogP contribution is -2.16. The zero-order chi connectivity index (χ0) is 18.8. The van der Waals surface area contributed by atoms with Crippen LogP contribution in [0.3, 0.4) is 0 Å². The summed E-state index contributed by atoms with van der Waals surface area (Å²) in [6, 6.07) is 17.4. The van der Waals surface area contributed by atoms with Crippen LogP contribution in [0.2, 0.25) is 0 Å². The van der Waals surface area contributed by atoms with Crippen molar-refractivity contribution in [3.63, 3.8) is 0 Å². The number of carbonyl (C=O) groups is 1. The van der Waals surface area contributed by atoms with E-state index in [0.29, 0.717) is 10.9 Å². The quantitative estimate of drug-likeness (QED) is 0.560. The van der Waals surface area contributed by atoms with Crippen molar-refractivity contribution in [2.75, 3.05) is 5.32 Å². The van der Waals surface area contributed by atoms with Gasteiger partial charge in [-0.15, -0.1) is 11.3 Å². The van der Waals surface area contributed by atoms with Crippen molar-refractivity contribution in [1.29, 1.82) is 0 Å². The average molecular weight is 378 g/mol. The summed E-state index contributed by atoms with van der Waals surface area (Å²) in [5.74, 6) is -0.665. The van der Waals surface area contributed by atoms with E-state index in [1.54, 1.807) is 22.9 Å². The molecule has 0 aliphatic carbocycles. The molecule has 7 heteroatoms. The molecular formula is C20H15FN4OS. The van der Waals surface area contributed by atoms with Gasteiger partial charge in [-0.05, 0) is 19.1 Å². The van der Waals surface area contributed by atoms with Crippen LogP contribution in [0.4, 0.5) is 10.2 Å². The van der Waals surface area contributed by atoms with Gasteiger partial charge < -0.3 is 5.32 Å². The summed E-state index contributed by atoms with van der Waals surface area (Å²) >= 11 is 1.42. The van der Waals surface area contributed by atoms with E-state index < -0.39 is 11.7 Å². The Morgan fingerprint density at radius 2 is 1.85 bits per heavy atom. The van der Waals surface area contributed by atoms with Gasteiger partial charge in [-0.2, -0.15) is 9.78 Å². The monoisotopic (exact) mass is 378 g/mol. The first-order valence-electron chi connectivity index (χ1n) is 8.26. The van der Waals surface area contributed by atoms with E-state index in [2.05, 4.69) is 15.4 Å². The van der Waals surface area contributed by atoms with Crippen molar-refractivity contribution in [3.8, 4) is 16.4 Å². The number of nitrogens with one attached hydrogen (secondary N) is 1. The molecule has 2 heterocycles. The maximum atomic E-state index is 13.9. The van der Waals surface area contributed by atoms with Crippen molar-refractivity contribution in [2.45, 2.75) is 6.92 Å². The van der Waals surface area contributed by atoms with Gasteiger partial charge in [0.25, 0.3) is 5.91 Å². The molecule has 0 fully saturated rings. The molecule has 5 nitrogen and oxygen atoms in total. The predicted molar refractivity (Wildman–Crippen MR) is 104 cm³/mol. The Kier molecular flexibility index (Phi) is 4.52. The lowest BCUT2D eigenvalue weighted by Gasteiger charge is -2.07. The van der Waals surface area contributed by atoms with E-state index >= 15 is 0 Å². The molecule has 1 N–H and O–H groups in total. The van der Waals surface area contributed by atoms with Crippen molar-refractivity contribution in [3.05, 3.63) is 83.1 Å². The van der Waals surface area contributed by atoms with Crippen LogP contribution in [0.25, 0.3) is 16.4 Å². The number of hydrogen-bond donors (Lipinski definition) is 1. The molecule has 4 aromatic rings. The number of anilines is 1. The molecule has 1 amide bonds. The lowest BCUT2D eigenvalue weighted by atomic mass is 10.2. The van der Waals surface area contributed by atoms with E-state index in [9.17, 15) is 9.18 Å². The van der Waals surface area contributed by atoms with E-state index in [1.807, 2.05) is 42.6 Å². The fourth-order valence-electron chi connectivity index (χ4n) is 2.67. The highest BCUT2D eigenvalue weighted by Gasteiger charge is 2.17. The third-order valence-electron chi connectivity index (χ3n) is 3.93. The molecule has 4 rings (SSSR count). The number of carbonyl (C=O) groups excluding carboxylic acids is 1. The van der Waals surface area contributed by atoms with Gasteiger partial charge in [-0.1, -0.05) is 42.5 Å². The molecule has 0 spiro atoms. The number of rotatable bonds is 4. The SMILES string of the molecule is Cc1cc(NC(=O)c2ccccc2F)n(-c2nc(-c3ccccc3)cs2)n1. The first kappa shape index (κ1) is 17.1. The molecule has 0 aliphatic heterocycles. The molecule has 27 heavy (non-hydrogen) atoms. The summed E-state index contributed by atoms with van der Waals surface area (Å²) in [5.41, 5.74) is 2.53. The highest BCUT2D eigenvalue weighted by molar-refractivity contribution is 7.12. The second-order valence-corrected chi connectivity index (χ2v) is 6.73. The smallest absolute Gasteiger partial charge is 0.259 e. The Labute approximate surface area is 159 Å². The molecule has 0 atom stereocenters. The fraction of sp³-hybridized carbons (Fsp3) is 0.0500. The molecule has 0 unspecified atom stereocenters. The van der Waals surface area contributed by atoms with Crippen LogP contribution in [-0.4, -0.2) is 20.7 Å². The van der Waals surface area contributed by atoms with Gasteiger partial charge in [-0.25, -0.2) is 9.37 Å². The molecular weight excluding hydrogens is 363 g/mol. The van der Waals surface area contributed by atoms with Gasteiger partial charge in [0.1, 0.15) is 11.6 Å². The third-order valence-corrected chi connectivity index (χ3v) is 4.75. The van der Waals surface area contributed by atoms with Gasteiger partial charge in [-0.3, -0.25) is 4.79 Å². The maximum Gasteiger partial charge on any atom is 0.259 e. The van der Waals surface area contributed by atoms with Gasteiger partial charge in [0.05, 0.1) is 17.0 Å². The number of benzene rings is 2. The Hall–Kier alpha value is -3.32. The van der Waals surface area contributed by atoms with E-state index in [0.717, 1.165) is 17.0 Å². The molecule has 0 radical (unpaired) electrons. The Bertz CT molecular complexity index is 1100. The van der Waals surface area contributed by atoms with E-state index in [4.69, 9.17) is 0 Å². The summed E-state index contributed by atoms with van der Waals surface area (Å²) in [6.45, 7) is 1.82. The van der Waals surface area contributed by atoms with Crippen molar-refractivity contribution >= 4 is 23.1 Å². The largest absolute Gasteiger partial charge is 0.306 e. The first-order chi connectivity index (χ1) is 13.1. The van der Waals surface area contributed by atoms with E-state index in [1.165, 1.54) is 23.5 Å². The van der Waals surface area contributed by atoms with Crippen LogP contribution in [0.15, 0.2) is 66.0 Å². The fourth-order valence-corrected chi connectivity index (χ4v) is 3.46. The summed E-state index contributed by atoms with van der Waals surface area (Å²) in [7, 11) is 0. The average Bonchev–Trinajstić information content (AvgIpc) is 3.29. The van der Waals surface area contributed by atoms with Crippen molar-refractivity contribution in [2.24, 2.45) is 0 Å². The van der Waals surface area contributed by atoms with Gasteiger partial charge in [0.15, 0.2) is 0 Å². The van der Waals surface area contributed by atoms with Gasteiger partial charge in [0.2, 0.25) is 5.13 Å². The molecule has 0 saturated heterocycles. The van der Waals surface area contributed by atoms with Crippen molar-refractivity contribution in [1.82, 2.24) is 14.8 Å². The Morgan fingerprint density at radius 1 is 1.11 bits per heavy atom. The number of amides is 1. The molecule has 0 saturated carbocycles. The highest BCUT2D eigenvalue weighted by Crippen LogP contribution is 2.26. The molecule has 0 bridgehead atoms. The van der Waals surface area contributed by atoms with Crippen LogP contribution in [0.5, 0.6) is 0 Å². The van der Waals surface area contributed by atoms with Crippen LogP contribution in [0.1, 0.15) is 16.1 Å². The topological polar surface area (TPSA) is 59.8 Å². The minimum atomic E-state index is -0.571. The minimum Gasteiger partial charge on any atom is -0.306 e. The minimum absolute atomic E-state index is 0.0213. The standard InChI is InChI=1S/C20H15FN4OS/c1-13-11-18(23-19(26)15-9-5-6-10-16(15)21)25(24-13)20-22-17(12-27-20)14-7-3-2-4-8-14/h2-12H,1H3,(H,23,26). The summed E-state index contributed by atoms with van der Waals surface area (Å²) in [4.78, 5) is 17.1. The van der Waals surface area contributed by atoms with Gasteiger partial charge in [0, 0.05) is 17.0 Å². The zero-order valence-corrected chi connectivity index (χ0v) is 15.2. The van der Waals surface area contributed by atoms with E-state index in [-0.39, 0.29) is 5.56 Å². The van der Waals surface area contributed by atoms with Crippen LogP contribution < -0.4 is 5.32 Å². The highest BCUT2D eigenvalue weighted by atomic mass is 32.1. The number of aryl methyl sites for hydroxylation is 1. The number of halogens is 1. The third kappa shape index (κ3) is 3.50. The molecule has 2 aromatic carbocycles. The van der Waals surface area contributed by atoms with Crippen LogP contribution in [-0.2, 0) is 0 Å². The number of hydrogen-bond acceptors (Lipinski definition) is 4. The predicted octanol–water partition coefficient (Wildman–Crippen LogP) is 4.70. The summed E-state index contributed by atoms with van der Waals surface area (Å²) in [6.07, 6.45) is 0. The number of thiazole rings is 1. The number of aromatic nitrogens is 3. The van der Waals surface area contributed by atoms with Crippen molar-refractivity contribution < 1.29 is 9.18 Å². The van der Waals surface area contributed by atoms with Gasteiger partial charge >= 0.3 is 0 Å². The number of nitrogens with zero attached hydrogens (tertiary/aromatic N) is 3. The Balaban J connectivity index is 1.65. The normalized spacial score (nSPS) is 10.7. The molecule has 0 aliphatic rings. The first-order valence-corrected chi connectivity index (χ1v) is 9.13. The van der Waals surface area contributed by atoms with Crippen LogP contribution >= 0.6 is 11.3 Å².